The molecule has 1 aliphatic rings. The Hall–Kier alpha value is -2.93. The predicted octanol–water partition coefficient (Wildman–Crippen LogP) is 4.04. The van der Waals surface area contributed by atoms with Crippen LogP contribution >= 0.6 is 11.6 Å². The fourth-order valence-electron chi connectivity index (χ4n) is 3.24. The topological polar surface area (TPSA) is 92.6 Å². The Kier molecular flexibility index (Phi) is 5.65. The SMILES string of the molecule is CC(C)C(=O)N1CCc2ccc(NC(=O)c3cc(Cl)ccc3[N+](=O)[O-])cc2C1. The molecule has 0 bridgehead atoms. The van der Waals surface area contributed by atoms with Crippen LogP contribution in [0.25, 0.3) is 0 Å². The second-order valence-corrected chi connectivity index (χ2v) is 7.46. The smallest absolute Gasteiger partial charge is 0.282 e. The molecular formula is C20H20ClN3O4. The van der Waals surface area contributed by atoms with E-state index in [0.717, 1.165) is 17.5 Å². The third-order valence-electron chi connectivity index (χ3n) is 4.68. The molecule has 0 aromatic heterocycles. The van der Waals surface area contributed by atoms with E-state index in [1.54, 1.807) is 11.0 Å². The maximum Gasteiger partial charge on any atom is 0.282 e. The molecule has 0 saturated carbocycles. The van der Waals surface area contributed by atoms with Gasteiger partial charge in [-0.2, -0.15) is 0 Å². The van der Waals surface area contributed by atoms with Crippen LogP contribution in [0.15, 0.2) is 36.4 Å². The highest BCUT2D eigenvalue weighted by molar-refractivity contribution is 6.31. The second-order valence-electron chi connectivity index (χ2n) is 7.02. The fourth-order valence-corrected chi connectivity index (χ4v) is 3.41. The molecule has 7 nitrogen and oxygen atoms in total. The molecule has 28 heavy (non-hydrogen) atoms. The average molecular weight is 402 g/mol. The van der Waals surface area contributed by atoms with E-state index >= 15 is 0 Å². The van der Waals surface area contributed by atoms with E-state index in [1.165, 1.54) is 18.2 Å². The molecule has 0 radical (unpaired) electrons. The first kappa shape index (κ1) is 19.8. The minimum atomic E-state index is -0.618. The van der Waals surface area contributed by atoms with Crippen molar-refractivity contribution >= 4 is 34.8 Å². The summed E-state index contributed by atoms with van der Waals surface area (Å²) in [6.45, 7) is 4.89. The van der Waals surface area contributed by atoms with Crippen molar-refractivity contribution < 1.29 is 14.5 Å². The van der Waals surface area contributed by atoms with Crippen LogP contribution in [0.5, 0.6) is 0 Å². The number of nitrogens with zero attached hydrogens (tertiary/aromatic N) is 2. The number of anilines is 1. The number of rotatable bonds is 4. The molecule has 3 rings (SSSR count). The summed E-state index contributed by atoms with van der Waals surface area (Å²) in [6, 6.07) is 9.33. The van der Waals surface area contributed by atoms with Crippen molar-refractivity contribution in [1.82, 2.24) is 4.90 Å². The zero-order valence-electron chi connectivity index (χ0n) is 15.6. The van der Waals surface area contributed by atoms with Crippen LogP contribution in [-0.4, -0.2) is 28.2 Å². The van der Waals surface area contributed by atoms with Gasteiger partial charge in [0.15, 0.2) is 0 Å². The summed E-state index contributed by atoms with van der Waals surface area (Å²) in [5, 5.41) is 14.1. The lowest BCUT2D eigenvalue weighted by Crippen LogP contribution is -2.38. The Bertz CT molecular complexity index is 958. The Morgan fingerprint density at radius 3 is 2.61 bits per heavy atom. The Morgan fingerprint density at radius 1 is 1.18 bits per heavy atom. The number of amides is 2. The normalized spacial score (nSPS) is 13.2. The summed E-state index contributed by atoms with van der Waals surface area (Å²) in [5.74, 6) is -0.595. The highest BCUT2D eigenvalue weighted by atomic mass is 35.5. The number of benzene rings is 2. The third-order valence-corrected chi connectivity index (χ3v) is 4.92. The number of hydrogen-bond acceptors (Lipinski definition) is 4. The average Bonchev–Trinajstić information content (AvgIpc) is 2.66. The summed E-state index contributed by atoms with van der Waals surface area (Å²) in [6.07, 6.45) is 0.752. The quantitative estimate of drug-likeness (QED) is 0.618. The van der Waals surface area contributed by atoms with Gasteiger partial charge in [0.25, 0.3) is 11.6 Å². The van der Waals surface area contributed by atoms with Crippen molar-refractivity contribution in [1.29, 1.82) is 0 Å². The molecule has 2 aromatic carbocycles. The largest absolute Gasteiger partial charge is 0.338 e. The molecule has 0 saturated heterocycles. The van der Waals surface area contributed by atoms with Gasteiger partial charge in [0.1, 0.15) is 5.56 Å². The van der Waals surface area contributed by atoms with Crippen molar-refractivity contribution in [3.63, 3.8) is 0 Å². The molecule has 0 atom stereocenters. The Morgan fingerprint density at radius 2 is 1.93 bits per heavy atom. The van der Waals surface area contributed by atoms with Crippen molar-refractivity contribution in [3.8, 4) is 0 Å². The van der Waals surface area contributed by atoms with Crippen LogP contribution in [0, 0.1) is 16.0 Å². The standard InChI is InChI=1S/C20H20ClN3O4/c1-12(2)20(26)23-8-7-13-3-5-16(9-14(13)11-23)22-19(25)17-10-15(21)4-6-18(17)24(27)28/h3-6,9-10,12H,7-8,11H2,1-2H3,(H,22,25). The van der Waals surface area contributed by atoms with Crippen LogP contribution in [0.1, 0.15) is 35.3 Å². The second kappa shape index (κ2) is 7.98. The van der Waals surface area contributed by atoms with E-state index in [4.69, 9.17) is 11.6 Å². The minimum absolute atomic E-state index is 0.0761. The van der Waals surface area contributed by atoms with E-state index in [0.29, 0.717) is 18.8 Å². The molecule has 0 aliphatic carbocycles. The molecule has 2 aromatic rings. The first-order valence-corrected chi connectivity index (χ1v) is 9.30. The maximum absolute atomic E-state index is 12.6. The molecular weight excluding hydrogens is 382 g/mol. The lowest BCUT2D eigenvalue weighted by atomic mass is 9.98. The van der Waals surface area contributed by atoms with E-state index in [2.05, 4.69) is 5.32 Å². The van der Waals surface area contributed by atoms with Gasteiger partial charge in [-0.25, -0.2) is 0 Å². The number of nitro benzene ring substituents is 1. The van der Waals surface area contributed by atoms with E-state index < -0.39 is 10.8 Å². The van der Waals surface area contributed by atoms with Crippen LogP contribution in [0.2, 0.25) is 5.02 Å². The van der Waals surface area contributed by atoms with Crippen molar-refractivity contribution in [3.05, 3.63) is 68.2 Å². The number of carbonyl (C=O) groups is 2. The minimum Gasteiger partial charge on any atom is -0.338 e. The summed E-state index contributed by atoms with van der Waals surface area (Å²) < 4.78 is 0. The first-order valence-electron chi connectivity index (χ1n) is 8.92. The molecule has 8 heteroatoms. The van der Waals surface area contributed by atoms with Crippen LogP contribution < -0.4 is 5.32 Å². The summed E-state index contributed by atoms with van der Waals surface area (Å²) >= 11 is 5.89. The predicted molar refractivity (Wildman–Crippen MR) is 106 cm³/mol. The zero-order chi connectivity index (χ0) is 20.4. The van der Waals surface area contributed by atoms with Crippen molar-refractivity contribution in [2.45, 2.75) is 26.8 Å². The fraction of sp³-hybridized carbons (Fsp3) is 0.300. The van der Waals surface area contributed by atoms with E-state index in [9.17, 15) is 19.7 Å². The van der Waals surface area contributed by atoms with Crippen LogP contribution in [0.3, 0.4) is 0 Å². The van der Waals surface area contributed by atoms with Gasteiger partial charge in [-0.05, 0) is 41.8 Å². The van der Waals surface area contributed by atoms with Gasteiger partial charge < -0.3 is 10.2 Å². The molecule has 0 fully saturated rings. The van der Waals surface area contributed by atoms with Crippen molar-refractivity contribution in [2.75, 3.05) is 11.9 Å². The monoisotopic (exact) mass is 401 g/mol. The summed E-state index contributed by atoms with van der Waals surface area (Å²) in [4.78, 5) is 37.2. The number of carbonyl (C=O) groups excluding carboxylic acids is 2. The van der Waals surface area contributed by atoms with E-state index in [1.807, 2.05) is 26.0 Å². The highest BCUT2D eigenvalue weighted by Gasteiger charge is 2.24. The number of hydrogen-bond donors (Lipinski definition) is 1. The molecule has 0 spiro atoms. The third kappa shape index (κ3) is 4.14. The Balaban J connectivity index is 1.83. The lowest BCUT2D eigenvalue weighted by molar-refractivity contribution is -0.385. The van der Waals surface area contributed by atoms with Gasteiger partial charge in [0.05, 0.1) is 4.92 Å². The molecule has 1 N–H and O–H groups in total. The molecule has 2 amide bonds. The van der Waals surface area contributed by atoms with Crippen LogP contribution in [-0.2, 0) is 17.8 Å². The number of nitro groups is 1. The maximum atomic E-state index is 12.6. The lowest BCUT2D eigenvalue weighted by Gasteiger charge is -2.30. The molecule has 1 aliphatic heterocycles. The van der Waals surface area contributed by atoms with Crippen molar-refractivity contribution in [2.24, 2.45) is 5.92 Å². The first-order chi connectivity index (χ1) is 13.3. The summed E-state index contributed by atoms with van der Waals surface area (Å²) in [7, 11) is 0. The van der Waals surface area contributed by atoms with Crippen LogP contribution in [0.4, 0.5) is 11.4 Å². The number of fused-ring (bicyclic) bond motifs is 1. The molecule has 0 unspecified atom stereocenters. The van der Waals surface area contributed by atoms with Gasteiger partial charge in [0.2, 0.25) is 5.91 Å². The van der Waals surface area contributed by atoms with Gasteiger partial charge >= 0.3 is 0 Å². The highest BCUT2D eigenvalue weighted by Crippen LogP contribution is 2.26. The Labute approximate surface area is 167 Å². The molecule has 1 heterocycles. The van der Waals surface area contributed by atoms with E-state index in [-0.39, 0.29) is 28.1 Å². The van der Waals surface area contributed by atoms with Gasteiger partial charge in [0, 0.05) is 35.8 Å². The van der Waals surface area contributed by atoms with Gasteiger partial charge in [-0.15, -0.1) is 0 Å². The number of nitrogens with one attached hydrogen (secondary N) is 1. The zero-order valence-corrected chi connectivity index (χ0v) is 16.3. The number of halogens is 1. The molecule has 146 valence electrons. The summed E-state index contributed by atoms with van der Waals surface area (Å²) in [5.41, 5.74) is 2.18. The van der Waals surface area contributed by atoms with Gasteiger partial charge in [-0.3, -0.25) is 19.7 Å². The van der Waals surface area contributed by atoms with Gasteiger partial charge in [-0.1, -0.05) is 31.5 Å².